The second-order valence-corrected chi connectivity index (χ2v) is 6.40. The van der Waals surface area contributed by atoms with Crippen molar-refractivity contribution in [3.8, 4) is 11.5 Å². The van der Waals surface area contributed by atoms with Crippen molar-refractivity contribution in [3.63, 3.8) is 0 Å². The van der Waals surface area contributed by atoms with E-state index in [0.717, 1.165) is 12.0 Å². The Bertz CT molecular complexity index is 615. The molecule has 1 amide bonds. The van der Waals surface area contributed by atoms with Crippen molar-refractivity contribution in [2.24, 2.45) is 0 Å². The predicted octanol–water partition coefficient (Wildman–Crippen LogP) is 4.10. The maximum atomic E-state index is 12.0. The molecule has 1 N–H and O–H groups in total. The van der Waals surface area contributed by atoms with Gasteiger partial charge in [0, 0.05) is 6.04 Å². The van der Waals surface area contributed by atoms with E-state index in [-0.39, 0.29) is 6.04 Å². The van der Waals surface area contributed by atoms with Gasteiger partial charge in [0.1, 0.15) is 17.1 Å². The van der Waals surface area contributed by atoms with Crippen LogP contribution in [-0.4, -0.2) is 32.0 Å². The highest BCUT2D eigenvalue weighted by atomic mass is 16.6. The molecule has 0 spiro atoms. The number of nitrogens with zero attached hydrogens (tertiary/aromatic N) is 1. The summed E-state index contributed by atoms with van der Waals surface area (Å²) in [5.41, 5.74) is 0.719. The van der Waals surface area contributed by atoms with Crippen molar-refractivity contribution in [1.29, 1.82) is 0 Å². The quantitative estimate of drug-likeness (QED) is 0.796. The summed E-state index contributed by atoms with van der Waals surface area (Å²) >= 11 is 0. The average Bonchev–Trinajstić information content (AvgIpc) is 2.51. The first-order chi connectivity index (χ1) is 11.2. The highest BCUT2D eigenvalue weighted by molar-refractivity contribution is 5.68. The van der Waals surface area contributed by atoms with E-state index in [1.165, 1.54) is 7.11 Å². The van der Waals surface area contributed by atoms with E-state index >= 15 is 0 Å². The molecule has 0 aliphatic carbocycles. The molecule has 0 heterocycles. The number of amides is 1. The molecule has 0 saturated heterocycles. The second-order valence-electron chi connectivity index (χ2n) is 6.40. The van der Waals surface area contributed by atoms with Gasteiger partial charge < -0.3 is 19.5 Å². The summed E-state index contributed by atoms with van der Waals surface area (Å²) in [4.78, 5) is 15.4. The lowest BCUT2D eigenvalue weighted by Crippen LogP contribution is -2.40. The minimum absolute atomic E-state index is 0.114. The Hall–Kier alpha value is -2.42. The normalized spacial score (nSPS) is 12.0. The number of alkyl carbamates (subject to hydrolysis) is 1. The Labute approximate surface area is 143 Å². The zero-order chi connectivity index (χ0) is 18.3. The van der Waals surface area contributed by atoms with Crippen molar-refractivity contribution in [2.45, 2.75) is 52.2 Å². The maximum Gasteiger partial charge on any atom is 0.407 e. The first-order valence-corrected chi connectivity index (χ1v) is 7.85. The van der Waals surface area contributed by atoms with Crippen LogP contribution in [-0.2, 0) is 11.2 Å². The molecule has 0 radical (unpaired) electrons. The summed E-state index contributed by atoms with van der Waals surface area (Å²) in [6, 6.07) is 3.32. The second kappa shape index (κ2) is 8.44. The maximum absolute atomic E-state index is 12.0. The van der Waals surface area contributed by atoms with Gasteiger partial charge in [-0.15, -0.1) is 0 Å². The molecule has 1 aromatic carbocycles. The average molecular weight is 334 g/mol. The minimum Gasteiger partial charge on any atom is -0.508 e. The van der Waals surface area contributed by atoms with Gasteiger partial charge in [-0.05, 0) is 51.3 Å². The predicted molar refractivity (Wildman–Crippen MR) is 93.0 cm³/mol. The summed E-state index contributed by atoms with van der Waals surface area (Å²) in [5, 5.41) is 2.87. The number of carbonyl (C=O) groups excluding carboxylic acids is 1. The van der Waals surface area contributed by atoms with Crippen LogP contribution in [0.4, 0.5) is 10.5 Å². The summed E-state index contributed by atoms with van der Waals surface area (Å²) in [5.74, 6) is 1.10. The molecule has 132 valence electrons. The molecule has 1 atom stereocenters. The Kier molecular flexibility index (Phi) is 6.90. The van der Waals surface area contributed by atoms with Crippen LogP contribution in [0.5, 0.6) is 11.5 Å². The van der Waals surface area contributed by atoms with Crippen LogP contribution in [0.1, 0.15) is 39.7 Å². The lowest BCUT2D eigenvalue weighted by atomic mass is 10.0. The van der Waals surface area contributed by atoms with Crippen molar-refractivity contribution in [2.75, 3.05) is 14.2 Å². The fourth-order valence-electron chi connectivity index (χ4n) is 2.23. The molecule has 6 nitrogen and oxygen atoms in total. The zero-order valence-electron chi connectivity index (χ0n) is 15.2. The molecule has 1 unspecified atom stereocenters. The Balaban J connectivity index is 2.96. The van der Waals surface area contributed by atoms with Crippen LogP contribution in [0.25, 0.3) is 4.85 Å². The molecule has 1 aromatic rings. The highest BCUT2D eigenvalue weighted by Crippen LogP contribution is 2.35. The van der Waals surface area contributed by atoms with Crippen LogP contribution in [0.2, 0.25) is 0 Å². The molecule has 1 rings (SSSR count). The van der Waals surface area contributed by atoms with E-state index in [0.29, 0.717) is 23.6 Å². The van der Waals surface area contributed by atoms with Gasteiger partial charge in [0.05, 0.1) is 20.8 Å². The first-order valence-electron chi connectivity index (χ1n) is 7.85. The first kappa shape index (κ1) is 19.6. The lowest BCUT2D eigenvalue weighted by molar-refractivity contribution is 0.0502. The molecule has 0 bridgehead atoms. The SMILES string of the molecule is [C-]#[N+]c1cc(OC)c(CC(CC)NC(=O)OC(C)(C)C)cc1OC. The van der Waals surface area contributed by atoms with E-state index < -0.39 is 11.7 Å². The van der Waals surface area contributed by atoms with E-state index in [1.807, 2.05) is 27.7 Å². The number of carbonyl (C=O) groups is 1. The van der Waals surface area contributed by atoms with Crippen LogP contribution < -0.4 is 14.8 Å². The standard InChI is InChI=1S/C18H26N2O4/c1-8-13(20-17(21)24-18(2,3)4)9-12-10-16(23-7)14(19-5)11-15(12)22-6/h10-11,13H,8-9H2,1-4,6-7H3,(H,20,21). The third kappa shape index (κ3) is 5.65. The van der Waals surface area contributed by atoms with Gasteiger partial charge in [-0.2, -0.15) is 0 Å². The summed E-state index contributed by atoms with van der Waals surface area (Å²) in [6.45, 7) is 14.7. The number of benzene rings is 1. The van der Waals surface area contributed by atoms with Crippen LogP contribution >= 0.6 is 0 Å². The fourth-order valence-corrected chi connectivity index (χ4v) is 2.23. The van der Waals surface area contributed by atoms with Crippen molar-refractivity contribution in [1.82, 2.24) is 5.32 Å². The van der Waals surface area contributed by atoms with Gasteiger partial charge in [-0.1, -0.05) is 6.92 Å². The molecule has 0 aliphatic heterocycles. The van der Waals surface area contributed by atoms with Crippen molar-refractivity contribution >= 4 is 11.8 Å². The van der Waals surface area contributed by atoms with Crippen LogP contribution in [0, 0.1) is 6.57 Å². The van der Waals surface area contributed by atoms with E-state index in [9.17, 15) is 4.79 Å². The Morgan fingerprint density at radius 3 is 2.33 bits per heavy atom. The zero-order valence-corrected chi connectivity index (χ0v) is 15.2. The number of hydrogen-bond acceptors (Lipinski definition) is 4. The molecule has 24 heavy (non-hydrogen) atoms. The summed E-state index contributed by atoms with van der Waals surface area (Å²) < 4.78 is 15.9. The smallest absolute Gasteiger partial charge is 0.407 e. The number of nitrogens with one attached hydrogen (secondary N) is 1. The monoisotopic (exact) mass is 334 g/mol. The van der Waals surface area contributed by atoms with E-state index in [2.05, 4.69) is 10.2 Å². The molecule has 6 heteroatoms. The van der Waals surface area contributed by atoms with Gasteiger partial charge in [0.2, 0.25) is 5.69 Å². The van der Waals surface area contributed by atoms with Crippen LogP contribution in [0.3, 0.4) is 0 Å². The van der Waals surface area contributed by atoms with Gasteiger partial charge in [0.25, 0.3) is 0 Å². The van der Waals surface area contributed by atoms with E-state index in [4.69, 9.17) is 20.8 Å². The highest BCUT2D eigenvalue weighted by Gasteiger charge is 2.20. The Morgan fingerprint density at radius 1 is 1.25 bits per heavy atom. The van der Waals surface area contributed by atoms with Crippen molar-refractivity contribution < 1.29 is 19.0 Å². The number of ether oxygens (including phenoxy) is 3. The van der Waals surface area contributed by atoms with Crippen LogP contribution in [0.15, 0.2) is 12.1 Å². The molecular weight excluding hydrogens is 308 g/mol. The number of hydrogen-bond donors (Lipinski definition) is 1. The number of methoxy groups -OCH3 is 2. The van der Waals surface area contributed by atoms with Gasteiger partial charge >= 0.3 is 6.09 Å². The third-order valence-corrected chi connectivity index (χ3v) is 3.38. The Morgan fingerprint density at radius 2 is 1.88 bits per heavy atom. The lowest BCUT2D eigenvalue weighted by Gasteiger charge is -2.23. The molecule has 0 aromatic heterocycles. The molecule has 0 saturated carbocycles. The minimum atomic E-state index is -0.541. The van der Waals surface area contributed by atoms with Gasteiger partial charge in [-0.3, -0.25) is 0 Å². The molecular formula is C18H26N2O4. The van der Waals surface area contributed by atoms with Gasteiger partial charge in [0.15, 0.2) is 0 Å². The largest absolute Gasteiger partial charge is 0.508 e. The van der Waals surface area contributed by atoms with Crippen molar-refractivity contribution in [3.05, 3.63) is 29.1 Å². The number of rotatable bonds is 6. The van der Waals surface area contributed by atoms with Gasteiger partial charge in [-0.25, -0.2) is 9.64 Å². The summed E-state index contributed by atoms with van der Waals surface area (Å²) in [6.07, 6.45) is 0.834. The van der Waals surface area contributed by atoms with E-state index in [1.54, 1.807) is 19.2 Å². The topological polar surface area (TPSA) is 61.2 Å². The third-order valence-electron chi connectivity index (χ3n) is 3.38. The fraction of sp³-hybridized carbons (Fsp3) is 0.556. The molecule has 0 aliphatic rings. The molecule has 0 fully saturated rings. The summed E-state index contributed by atoms with van der Waals surface area (Å²) in [7, 11) is 3.08.